The molecule has 4 rings (SSSR count). The van der Waals surface area contributed by atoms with Gasteiger partial charge < -0.3 is 19.6 Å². The molecule has 2 N–H and O–H groups in total. The average Bonchev–Trinajstić information content (AvgIpc) is 3.27. The number of hydrogen-bond acceptors (Lipinski definition) is 4. The lowest BCUT2D eigenvalue weighted by Gasteiger charge is -2.08. The molecule has 2 aromatic carbocycles. The molecule has 4 aromatic rings. The van der Waals surface area contributed by atoms with E-state index in [1.165, 1.54) is 6.20 Å². The van der Waals surface area contributed by atoms with Gasteiger partial charge in [0.1, 0.15) is 11.3 Å². The van der Waals surface area contributed by atoms with Crippen LogP contribution < -0.4 is 15.5 Å². The number of nitrogens with one attached hydrogen (secondary N) is 2. The van der Waals surface area contributed by atoms with Crippen molar-refractivity contribution in [1.82, 2.24) is 19.9 Å². The summed E-state index contributed by atoms with van der Waals surface area (Å²) in [6.07, 6.45) is 6.88. The Hall–Kier alpha value is -3.87. The number of fused-ring (bicyclic) bond motifs is 1. The number of pyridine rings is 1. The number of benzene rings is 2. The van der Waals surface area contributed by atoms with Gasteiger partial charge in [0.25, 0.3) is 5.91 Å². The Morgan fingerprint density at radius 3 is 2.70 bits per heavy atom. The molecule has 0 aliphatic carbocycles. The predicted octanol–water partition coefficient (Wildman–Crippen LogP) is 3.10. The topological polar surface area (TPSA) is 89.0 Å². The van der Waals surface area contributed by atoms with Crippen LogP contribution in [0.4, 0.5) is 0 Å². The maximum atomic E-state index is 12.8. The van der Waals surface area contributed by atoms with Gasteiger partial charge in [-0.05, 0) is 36.2 Å². The zero-order valence-electron chi connectivity index (χ0n) is 16.6. The van der Waals surface area contributed by atoms with Crippen molar-refractivity contribution in [2.24, 2.45) is 0 Å². The first-order valence-electron chi connectivity index (χ1n) is 9.74. The van der Waals surface area contributed by atoms with Gasteiger partial charge in [0.05, 0.1) is 12.9 Å². The summed E-state index contributed by atoms with van der Waals surface area (Å²) in [4.78, 5) is 32.4. The van der Waals surface area contributed by atoms with Crippen LogP contribution >= 0.6 is 0 Å². The fraction of sp³-hybridized carbons (Fsp3) is 0.174. The molecule has 0 saturated carbocycles. The van der Waals surface area contributed by atoms with Crippen molar-refractivity contribution in [2.45, 2.75) is 20.0 Å². The molecule has 0 aliphatic heterocycles. The Kier molecular flexibility index (Phi) is 5.61. The number of carbonyl (C=O) groups is 1. The standard InChI is InChI=1S/C23H22N4O3/c1-2-30-18-7-8-21-19(11-18)22(28)20(13-25-21)23(29)26-12-16-3-5-17(6-4-16)14-27-10-9-24-15-27/h3-11,13,15H,2,12,14H2,1H3,(H,25,28)(H,26,29). The van der Waals surface area contributed by atoms with Crippen LogP contribution in [0.3, 0.4) is 0 Å². The summed E-state index contributed by atoms with van der Waals surface area (Å²) in [6.45, 7) is 3.46. The first-order valence-corrected chi connectivity index (χ1v) is 9.74. The van der Waals surface area contributed by atoms with E-state index in [1.807, 2.05) is 42.0 Å². The van der Waals surface area contributed by atoms with Crippen molar-refractivity contribution in [1.29, 1.82) is 0 Å². The molecule has 30 heavy (non-hydrogen) atoms. The molecule has 152 valence electrons. The maximum absolute atomic E-state index is 12.8. The lowest BCUT2D eigenvalue weighted by Crippen LogP contribution is -2.28. The zero-order valence-corrected chi connectivity index (χ0v) is 16.6. The number of nitrogens with zero attached hydrogens (tertiary/aromatic N) is 2. The minimum Gasteiger partial charge on any atom is -0.494 e. The van der Waals surface area contributed by atoms with Crippen LogP contribution in [0.1, 0.15) is 28.4 Å². The van der Waals surface area contributed by atoms with Gasteiger partial charge in [0.15, 0.2) is 0 Å². The molecule has 7 nitrogen and oxygen atoms in total. The second kappa shape index (κ2) is 8.65. The first-order chi connectivity index (χ1) is 14.6. The third-order valence-electron chi connectivity index (χ3n) is 4.81. The number of H-pyrrole nitrogens is 1. The smallest absolute Gasteiger partial charge is 0.257 e. The van der Waals surface area contributed by atoms with Gasteiger partial charge in [-0.15, -0.1) is 0 Å². The monoisotopic (exact) mass is 402 g/mol. The Morgan fingerprint density at radius 2 is 1.97 bits per heavy atom. The highest BCUT2D eigenvalue weighted by molar-refractivity contribution is 5.97. The molecule has 2 aromatic heterocycles. The average molecular weight is 402 g/mol. The normalized spacial score (nSPS) is 10.8. The molecule has 2 heterocycles. The number of ether oxygens (including phenoxy) is 1. The van der Waals surface area contributed by atoms with Gasteiger partial charge >= 0.3 is 0 Å². The van der Waals surface area contributed by atoms with E-state index in [0.717, 1.165) is 17.7 Å². The van der Waals surface area contributed by atoms with Gasteiger partial charge in [0.2, 0.25) is 5.43 Å². The van der Waals surface area contributed by atoms with Gasteiger partial charge in [-0.3, -0.25) is 9.59 Å². The minimum atomic E-state index is -0.414. The molecular weight excluding hydrogens is 380 g/mol. The van der Waals surface area contributed by atoms with Crippen molar-refractivity contribution in [3.05, 3.63) is 94.3 Å². The lowest BCUT2D eigenvalue weighted by molar-refractivity contribution is 0.0949. The zero-order chi connectivity index (χ0) is 20.9. The Bertz CT molecular complexity index is 1210. The molecule has 0 unspecified atom stereocenters. The summed E-state index contributed by atoms with van der Waals surface area (Å²) < 4.78 is 7.44. The molecule has 0 atom stereocenters. The largest absolute Gasteiger partial charge is 0.494 e. The van der Waals surface area contributed by atoms with Crippen LogP contribution in [0.15, 0.2) is 72.2 Å². The summed E-state index contributed by atoms with van der Waals surface area (Å²) in [6, 6.07) is 13.2. The van der Waals surface area contributed by atoms with Crippen LogP contribution in [0, 0.1) is 0 Å². The molecule has 7 heteroatoms. The number of hydrogen-bond donors (Lipinski definition) is 2. The Balaban J connectivity index is 1.45. The molecule has 0 radical (unpaired) electrons. The van der Waals surface area contributed by atoms with E-state index in [0.29, 0.717) is 29.8 Å². The van der Waals surface area contributed by atoms with Crippen LogP contribution in [0.2, 0.25) is 0 Å². The summed E-state index contributed by atoms with van der Waals surface area (Å²) in [7, 11) is 0. The molecule has 0 saturated heterocycles. The maximum Gasteiger partial charge on any atom is 0.257 e. The van der Waals surface area contributed by atoms with E-state index in [4.69, 9.17) is 4.74 Å². The van der Waals surface area contributed by atoms with Crippen LogP contribution in [0.5, 0.6) is 5.75 Å². The predicted molar refractivity (Wildman–Crippen MR) is 115 cm³/mol. The number of carbonyl (C=O) groups excluding carboxylic acids is 1. The molecule has 0 spiro atoms. The SMILES string of the molecule is CCOc1ccc2[nH]cc(C(=O)NCc3ccc(Cn4ccnc4)cc3)c(=O)c2c1. The van der Waals surface area contributed by atoms with Crippen LogP contribution in [0.25, 0.3) is 10.9 Å². The fourth-order valence-corrected chi connectivity index (χ4v) is 3.25. The number of imidazole rings is 1. The van der Waals surface area contributed by atoms with E-state index < -0.39 is 5.91 Å². The summed E-state index contributed by atoms with van der Waals surface area (Å²) >= 11 is 0. The van der Waals surface area contributed by atoms with E-state index in [1.54, 1.807) is 30.7 Å². The second-order valence-electron chi connectivity index (χ2n) is 6.91. The lowest BCUT2D eigenvalue weighted by atomic mass is 10.1. The fourth-order valence-electron chi connectivity index (χ4n) is 3.25. The highest BCUT2D eigenvalue weighted by Crippen LogP contribution is 2.17. The first kappa shape index (κ1) is 19.4. The number of aromatic amines is 1. The van der Waals surface area contributed by atoms with Crippen molar-refractivity contribution in [2.75, 3.05) is 6.61 Å². The van der Waals surface area contributed by atoms with Gasteiger partial charge in [-0.1, -0.05) is 24.3 Å². The van der Waals surface area contributed by atoms with Crippen molar-refractivity contribution < 1.29 is 9.53 Å². The quantitative estimate of drug-likeness (QED) is 0.497. The molecule has 0 aliphatic rings. The molecular formula is C23H22N4O3. The highest BCUT2D eigenvalue weighted by Gasteiger charge is 2.13. The van der Waals surface area contributed by atoms with E-state index in [9.17, 15) is 9.59 Å². The summed E-state index contributed by atoms with van der Waals surface area (Å²) in [5.41, 5.74) is 2.51. The third kappa shape index (κ3) is 4.25. The number of rotatable bonds is 7. The number of amides is 1. The van der Waals surface area contributed by atoms with E-state index in [2.05, 4.69) is 15.3 Å². The van der Waals surface area contributed by atoms with E-state index >= 15 is 0 Å². The van der Waals surface area contributed by atoms with Gasteiger partial charge in [-0.25, -0.2) is 4.98 Å². The van der Waals surface area contributed by atoms with Crippen LogP contribution in [-0.4, -0.2) is 27.0 Å². The number of aromatic nitrogens is 3. The van der Waals surface area contributed by atoms with Crippen molar-refractivity contribution >= 4 is 16.8 Å². The Labute approximate surface area is 173 Å². The Morgan fingerprint density at radius 1 is 1.17 bits per heavy atom. The van der Waals surface area contributed by atoms with Crippen LogP contribution in [-0.2, 0) is 13.1 Å². The highest BCUT2D eigenvalue weighted by atomic mass is 16.5. The summed E-state index contributed by atoms with van der Waals surface area (Å²) in [5, 5.41) is 3.25. The second-order valence-corrected chi connectivity index (χ2v) is 6.91. The van der Waals surface area contributed by atoms with E-state index in [-0.39, 0.29) is 11.0 Å². The minimum absolute atomic E-state index is 0.0767. The van der Waals surface area contributed by atoms with Crippen molar-refractivity contribution in [3.8, 4) is 5.75 Å². The third-order valence-corrected chi connectivity index (χ3v) is 4.81. The van der Waals surface area contributed by atoms with Gasteiger partial charge in [0, 0.05) is 42.6 Å². The summed E-state index contributed by atoms with van der Waals surface area (Å²) in [5.74, 6) is 0.186. The van der Waals surface area contributed by atoms with Gasteiger partial charge in [-0.2, -0.15) is 0 Å². The molecule has 0 bridgehead atoms. The molecule has 1 amide bonds. The van der Waals surface area contributed by atoms with Crippen molar-refractivity contribution in [3.63, 3.8) is 0 Å². The molecule has 0 fully saturated rings.